The summed E-state index contributed by atoms with van der Waals surface area (Å²) >= 11 is 3.29. The summed E-state index contributed by atoms with van der Waals surface area (Å²) in [6, 6.07) is 1.75. The van der Waals surface area contributed by atoms with Gasteiger partial charge in [-0.1, -0.05) is 0 Å². The lowest BCUT2D eigenvalue weighted by Gasteiger charge is -1.99. The van der Waals surface area contributed by atoms with E-state index in [9.17, 15) is 0 Å². The number of hydrogen-bond acceptors (Lipinski definition) is 3. The topological polar surface area (TPSA) is 64.9 Å². The van der Waals surface area contributed by atoms with Crippen LogP contribution in [0.25, 0.3) is 0 Å². The number of rotatable bonds is 1. The van der Waals surface area contributed by atoms with E-state index in [0.717, 1.165) is 10.0 Å². The van der Waals surface area contributed by atoms with E-state index in [-0.39, 0.29) is 0 Å². The summed E-state index contributed by atoms with van der Waals surface area (Å²) < 4.78 is 0.907. The predicted octanol–water partition coefficient (Wildman–Crippen LogP) is 0.885. The molecule has 1 rings (SSSR count). The van der Waals surface area contributed by atoms with Gasteiger partial charge in [0.2, 0.25) is 0 Å². The minimum atomic E-state index is 0.479. The SMILES string of the molecule is NCc1cc(N)ncc1Br. The van der Waals surface area contributed by atoms with Crippen LogP contribution in [0.15, 0.2) is 16.7 Å². The minimum Gasteiger partial charge on any atom is -0.384 e. The lowest BCUT2D eigenvalue weighted by atomic mass is 10.3. The minimum absolute atomic E-state index is 0.479. The number of aromatic nitrogens is 1. The van der Waals surface area contributed by atoms with Crippen LogP contribution >= 0.6 is 15.9 Å². The maximum absolute atomic E-state index is 5.42. The molecule has 3 nitrogen and oxygen atoms in total. The summed E-state index contributed by atoms with van der Waals surface area (Å²) in [5, 5.41) is 0. The first kappa shape index (κ1) is 7.50. The molecule has 0 bridgehead atoms. The van der Waals surface area contributed by atoms with Crippen molar-refractivity contribution in [1.82, 2.24) is 4.98 Å². The molecular weight excluding hydrogens is 194 g/mol. The highest BCUT2D eigenvalue weighted by atomic mass is 79.9. The third-order valence-electron chi connectivity index (χ3n) is 1.18. The van der Waals surface area contributed by atoms with E-state index in [2.05, 4.69) is 20.9 Å². The fourth-order valence-corrected chi connectivity index (χ4v) is 1.03. The van der Waals surface area contributed by atoms with Crippen LogP contribution in [0.1, 0.15) is 5.56 Å². The van der Waals surface area contributed by atoms with Crippen molar-refractivity contribution in [3.8, 4) is 0 Å². The summed E-state index contributed by atoms with van der Waals surface area (Å²) in [7, 11) is 0. The monoisotopic (exact) mass is 201 g/mol. The van der Waals surface area contributed by atoms with Crippen LogP contribution in [0.3, 0.4) is 0 Å². The highest BCUT2D eigenvalue weighted by Gasteiger charge is 1.97. The molecule has 0 aromatic carbocycles. The second-order valence-electron chi connectivity index (χ2n) is 1.90. The first-order valence-corrected chi connectivity index (χ1v) is 3.63. The van der Waals surface area contributed by atoms with Crippen LogP contribution in [-0.2, 0) is 6.54 Å². The van der Waals surface area contributed by atoms with Crippen molar-refractivity contribution in [1.29, 1.82) is 0 Å². The van der Waals surface area contributed by atoms with Gasteiger partial charge in [-0.2, -0.15) is 0 Å². The molecule has 0 fully saturated rings. The van der Waals surface area contributed by atoms with E-state index < -0.39 is 0 Å². The molecule has 0 unspecified atom stereocenters. The van der Waals surface area contributed by atoms with Crippen molar-refractivity contribution < 1.29 is 0 Å². The molecule has 0 aliphatic rings. The molecule has 1 heterocycles. The van der Waals surface area contributed by atoms with Crippen molar-refractivity contribution in [3.63, 3.8) is 0 Å². The second kappa shape index (κ2) is 2.98. The molecule has 0 spiro atoms. The maximum atomic E-state index is 5.42. The first-order valence-electron chi connectivity index (χ1n) is 2.84. The Morgan fingerprint density at radius 1 is 1.60 bits per heavy atom. The second-order valence-corrected chi connectivity index (χ2v) is 2.76. The molecular formula is C6H8BrN3. The molecule has 0 saturated carbocycles. The molecule has 1 aromatic rings. The Kier molecular flexibility index (Phi) is 2.24. The molecule has 0 radical (unpaired) electrons. The van der Waals surface area contributed by atoms with Crippen LogP contribution < -0.4 is 11.5 Å². The molecule has 0 saturated heterocycles. The Bertz CT molecular complexity index is 236. The molecule has 0 aliphatic carbocycles. The van der Waals surface area contributed by atoms with Crippen LogP contribution in [0.2, 0.25) is 0 Å². The summed E-state index contributed by atoms with van der Waals surface area (Å²) in [4.78, 5) is 3.86. The van der Waals surface area contributed by atoms with Gasteiger partial charge in [-0.25, -0.2) is 4.98 Å². The fourth-order valence-electron chi connectivity index (χ4n) is 0.655. The van der Waals surface area contributed by atoms with Crippen LogP contribution in [0.5, 0.6) is 0 Å². The third kappa shape index (κ3) is 1.46. The number of halogens is 1. The Hall–Kier alpha value is -0.610. The summed E-state index contributed by atoms with van der Waals surface area (Å²) in [6.07, 6.45) is 1.65. The molecule has 4 N–H and O–H groups in total. The van der Waals surface area contributed by atoms with Crippen molar-refractivity contribution in [2.24, 2.45) is 5.73 Å². The summed E-state index contributed by atoms with van der Waals surface area (Å²) in [5.41, 5.74) is 11.8. The zero-order valence-corrected chi connectivity index (χ0v) is 6.93. The number of nitrogens with zero attached hydrogens (tertiary/aromatic N) is 1. The van der Waals surface area contributed by atoms with Gasteiger partial charge in [0.05, 0.1) is 0 Å². The quantitative estimate of drug-likeness (QED) is 0.710. The average molecular weight is 202 g/mol. The smallest absolute Gasteiger partial charge is 0.123 e. The van der Waals surface area contributed by atoms with Crippen LogP contribution in [0, 0.1) is 0 Å². The van der Waals surface area contributed by atoms with Crippen molar-refractivity contribution in [2.75, 3.05) is 5.73 Å². The van der Waals surface area contributed by atoms with Gasteiger partial charge in [-0.05, 0) is 27.6 Å². The Labute approximate surface area is 67.6 Å². The molecule has 4 heteroatoms. The zero-order chi connectivity index (χ0) is 7.56. The highest BCUT2D eigenvalue weighted by Crippen LogP contribution is 2.15. The molecule has 0 atom stereocenters. The van der Waals surface area contributed by atoms with Gasteiger partial charge in [0, 0.05) is 17.2 Å². The van der Waals surface area contributed by atoms with Gasteiger partial charge in [0.15, 0.2) is 0 Å². The highest BCUT2D eigenvalue weighted by molar-refractivity contribution is 9.10. The maximum Gasteiger partial charge on any atom is 0.123 e. The zero-order valence-electron chi connectivity index (χ0n) is 5.34. The van der Waals surface area contributed by atoms with Gasteiger partial charge in [0.1, 0.15) is 5.82 Å². The van der Waals surface area contributed by atoms with Crippen molar-refractivity contribution in [3.05, 3.63) is 22.3 Å². The normalized spacial score (nSPS) is 9.80. The molecule has 54 valence electrons. The third-order valence-corrected chi connectivity index (χ3v) is 1.89. The van der Waals surface area contributed by atoms with Gasteiger partial charge in [-0.3, -0.25) is 0 Å². The summed E-state index contributed by atoms with van der Waals surface area (Å²) in [6.45, 7) is 0.479. The van der Waals surface area contributed by atoms with E-state index in [1.807, 2.05) is 0 Å². The molecule has 1 aromatic heterocycles. The van der Waals surface area contributed by atoms with Crippen LogP contribution in [-0.4, -0.2) is 4.98 Å². The molecule has 0 aliphatic heterocycles. The fraction of sp³-hybridized carbons (Fsp3) is 0.167. The summed E-state index contributed by atoms with van der Waals surface area (Å²) in [5.74, 6) is 0.503. The van der Waals surface area contributed by atoms with Gasteiger partial charge >= 0.3 is 0 Å². The van der Waals surface area contributed by atoms with E-state index in [4.69, 9.17) is 11.5 Å². The number of nitrogen functional groups attached to an aromatic ring is 1. The van der Waals surface area contributed by atoms with Gasteiger partial charge in [-0.15, -0.1) is 0 Å². The predicted molar refractivity (Wildman–Crippen MR) is 44.2 cm³/mol. The van der Waals surface area contributed by atoms with Crippen LogP contribution in [0.4, 0.5) is 5.82 Å². The van der Waals surface area contributed by atoms with E-state index in [1.165, 1.54) is 0 Å². The van der Waals surface area contributed by atoms with E-state index in [0.29, 0.717) is 12.4 Å². The van der Waals surface area contributed by atoms with E-state index >= 15 is 0 Å². The Balaban J connectivity index is 3.09. The van der Waals surface area contributed by atoms with Gasteiger partial charge in [0.25, 0.3) is 0 Å². The lowest BCUT2D eigenvalue weighted by molar-refractivity contribution is 1.05. The Morgan fingerprint density at radius 2 is 2.30 bits per heavy atom. The largest absolute Gasteiger partial charge is 0.384 e. The van der Waals surface area contributed by atoms with Gasteiger partial charge < -0.3 is 11.5 Å². The first-order chi connectivity index (χ1) is 4.74. The standard InChI is InChI=1S/C6H8BrN3/c7-5-3-10-6(9)1-4(5)2-8/h1,3H,2,8H2,(H2,9,10). The number of nitrogens with two attached hydrogens (primary N) is 2. The van der Waals surface area contributed by atoms with Crippen molar-refractivity contribution in [2.45, 2.75) is 6.54 Å². The number of hydrogen-bond donors (Lipinski definition) is 2. The number of pyridine rings is 1. The lowest BCUT2D eigenvalue weighted by Crippen LogP contribution is -2.00. The van der Waals surface area contributed by atoms with Crippen molar-refractivity contribution >= 4 is 21.7 Å². The Morgan fingerprint density at radius 3 is 2.80 bits per heavy atom. The molecule has 0 amide bonds. The number of anilines is 1. The molecule has 10 heavy (non-hydrogen) atoms. The average Bonchev–Trinajstić information content (AvgIpc) is 1.94. The van der Waals surface area contributed by atoms with E-state index in [1.54, 1.807) is 12.3 Å².